The van der Waals surface area contributed by atoms with Gasteiger partial charge in [-0.25, -0.2) is 9.97 Å². The zero-order valence-corrected chi connectivity index (χ0v) is 23.4. The van der Waals surface area contributed by atoms with Crippen LogP contribution in [0.3, 0.4) is 0 Å². The summed E-state index contributed by atoms with van der Waals surface area (Å²) in [6.45, 7) is 6.48. The number of likely N-dealkylation sites (N-methyl/N-ethyl adjacent to an activating group) is 1. The van der Waals surface area contributed by atoms with Gasteiger partial charge < -0.3 is 25.6 Å². The number of nitrogens with two attached hydrogens (primary N) is 1. The Morgan fingerprint density at radius 2 is 2.03 bits per heavy atom. The number of nitrogens with zero attached hydrogens (tertiary/aromatic N) is 4. The topological polar surface area (TPSA) is 131 Å². The Hall–Kier alpha value is -3.57. The molecule has 10 nitrogen and oxygen atoms in total. The van der Waals surface area contributed by atoms with Crippen molar-refractivity contribution in [2.45, 2.75) is 32.6 Å². The van der Waals surface area contributed by atoms with Crippen LogP contribution in [0.25, 0.3) is 10.2 Å². The van der Waals surface area contributed by atoms with Gasteiger partial charge in [0.05, 0.1) is 34.2 Å². The maximum atomic E-state index is 12.2. The highest BCUT2D eigenvalue weighted by Gasteiger charge is 2.26. The maximum absolute atomic E-state index is 12.2. The van der Waals surface area contributed by atoms with Gasteiger partial charge in [-0.1, -0.05) is 26.0 Å². The molecule has 3 heterocycles. The molecule has 0 bridgehead atoms. The quantitative estimate of drug-likeness (QED) is 0.459. The van der Waals surface area contributed by atoms with Crippen molar-refractivity contribution in [1.29, 1.82) is 0 Å². The van der Waals surface area contributed by atoms with Crippen molar-refractivity contribution in [3.8, 4) is 5.88 Å². The van der Waals surface area contributed by atoms with Crippen LogP contribution >= 0.6 is 11.3 Å². The van der Waals surface area contributed by atoms with E-state index >= 15 is 0 Å². The number of aromatic nitrogens is 2. The molecule has 2 aromatic heterocycles. The molecular formula is C27H36N6O4S. The van der Waals surface area contributed by atoms with Crippen molar-refractivity contribution < 1.29 is 19.1 Å². The summed E-state index contributed by atoms with van der Waals surface area (Å²) in [4.78, 5) is 47.9. The van der Waals surface area contributed by atoms with E-state index in [0.29, 0.717) is 24.9 Å². The molecule has 204 valence electrons. The zero-order valence-electron chi connectivity index (χ0n) is 22.6. The molecule has 3 amide bonds. The predicted molar refractivity (Wildman–Crippen MR) is 150 cm³/mol. The standard InChI is InChI=1S/C15H20N4O4.C12H16N2S/c1-9-4-3-5-19(8-9)15(22)13(21)18-10-6-11(12(16)20)14(23-2)17-7-10;1-9(8-14(2)3)12-13-10-6-4-5-7-11(10)15-12/h6-7,9H,3-5,8H2,1-2H3,(H2,16,20)(H,18,21);4-7,9H,8H2,1-3H3/t;9-/m.1/s1. The van der Waals surface area contributed by atoms with Crippen LogP contribution in [-0.2, 0) is 9.59 Å². The molecule has 11 heteroatoms. The van der Waals surface area contributed by atoms with Gasteiger partial charge in [0, 0.05) is 25.6 Å². The molecule has 0 spiro atoms. The normalized spacial score (nSPS) is 15.9. The molecule has 3 aromatic rings. The first-order chi connectivity index (χ1) is 18.1. The maximum Gasteiger partial charge on any atom is 0.313 e. The number of hydrogen-bond donors (Lipinski definition) is 2. The number of methoxy groups -OCH3 is 1. The average molecular weight is 541 g/mol. The van der Waals surface area contributed by atoms with Crippen molar-refractivity contribution in [1.82, 2.24) is 19.8 Å². The summed E-state index contributed by atoms with van der Waals surface area (Å²) >= 11 is 1.81. The lowest BCUT2D eigenvalue weighted by Gasteiger charge is -2.30. The van der Waals surface area contributed by atoms with Crippen LogP contribution in [0.2, 0.25) is 0 Å². The van der Waals surface area contributed by atoms with Crippen molar-refractivity contribution in [2.24, 2.45) is 11.7 Å². The zero-order chi connectivity index (χ0) is 27.8. The minimum Gasteiger partial charge on any atom is -0.480 e. The van der Waals surface area contributed by atoms with Gasteiger partial charge in [0.2, 0.25) is 5.88 Å². The summed E-state index contributed by atoms with van der Waals surface area (Å²) in [6.07, 6.45) is 3.24. The van der Waals surface area contributed by atoms with Crippen molar-refractivity contribution in [3.63, 3.8) is 0 Å². The Morgan fingerprint density at radius 1 is 1.29 bits per heavy atom. The number of amides is 3. The van der Waals surface area contributed by atoms with Gasteiger partial charge in [-0.3, -0.25) is 14.4 Å². The number of carbonyl (C=O) groups is 3. The Labute approximate surface area is 227 Å². The van der Waals surface area contributed by atoms with E-state index in [-0.39, 0.29) is 17.1 Å². The van der Waals surface area contributed by atoms with Gasteiger partial charge in [0.15, 0.2) is 0 Å². The van der Waals surface area contributed by atoms with Gasteiger partial charge in [0.1, 0.15) is 5.56 Å². The third-order valence-electron chi connectivity index (χ3n) is 6.08. The van der Waals surface area contributed by atoms with Crippen LogP contribution in [-0.4, -0.2) is 78.3 Å². The third kappa shape index (κ3) is 7.72. The van der Waals surface area contributed by atoms with Crippen LogP contribution in [0.4, 0.5) is 5.69 Å². The summed E-state index contributed by atoms with van der Waals surface area (Å²) in [7, 11) is 5.56. The van der Waals surface area contributed by atoms with Gasteiger partial charge in [-0.2, -0.15) is 0 Å². The molecule has 2 atom stereocenters. The van der Waals surface area contributed by atoms with Gasteiger partial charge in [0.25, 0.3) is 5.91 Å². The Morgan fingerprint density at radius 3 is 2.66 bits per heavy atom. The second-order valence-electron chi connectivity index (χ2n) is 9.78. The second-order valence-corrected chi connectivity index (χ2v) is 10.8. The molecule has 1 saturated heterocycles. The van der Waals surface area contributed by atoms with E-state index < -0.39 is 17.7 Å². The number of pyridine rings is 1. The molecule has 1 fully saturated rings. The highest BCUT2D eigenvalue weighted by Crippen LogP contribution is 2.27. The number of para-hydroxylation sites is 1. The summed E-state index contributed by atoms with van der Waals surface area (Å²) in [5.74, 6) is -1.13. The molecular weight excluding hydrogens is 504 g/mol. The van der Waals surface area contributed by atoms with E-state index in [1.54, 1.807) is 0 Å². The molecule has 0 aliphatic carbocycles. The van der Waals surface area contributed by atoms with Crippen LogP contribution < -0.4 is 15.8 Å². The Balaban J connectivity index is 0.000000230. The molecule has 1 unspecified atom stereocenters. The molecule has 38 heavy (non-hydrogen) atoms. The van der Waals surface area contributed by atoms with Crippen LogP contribution in [0, 0.1) is 5.92 Å². The number of anilines is 1. The number of carbonyl (C=O) groups excluding carboxylic acids is 3. The van der Waals surface area contributed by atoms with Crippen LogP contribution in [0.15, 0.2) is 36.5 Å². The summed E-state index contributed by atoms with van der Waals surface area (Å²) in [5, 5.41) is 3.69. The summed E-state index contributed by atoms with van der Waals surface area (Å²) in [6, 6.07) is 9.66. The lowest BCUT2D eigenvalue weighted by atomic mass is 10.0. The minimum absolute atomic E-state index is 0.0318. The number of rotatable bonds is 6. The van der Waals surface area contributed by atoms with Gasteiger partial charge in [-0.05, 0) is 51.1 Å². The summed E-state index contributed by atoms with van der Waals surface area (Å²) in [5.41, 5.74) is 6.61. The van der Waals surface area contributed by atoms with Gasteiger partial charge in [-0.15, -0.1) is 11.3 Å². The fraction of sp³-hybridized carbons (Fsp3) is 0.444. The number of primary amides is 1. The number of nitrogens with one attached hydrogen (secondary N) is 1. The molecule has 0 radical (unpaired) electrons. The predicted octanol–water partition coefficient (Wildman–Crippen LogP) is 3.35. The monoisotopic (exact) mass is 540 g/mol. The molecule has 0 saturated carbocycles. The van der Waals surface area contributed by atoms with E-state index in [1.165, 1.54) is 34.0 Å². The molecule has 4 rings (SSSR count). The fourth-order valence-electron chi connectivity index (χ4n) is 4.29. The van der Waals surface area contributed by atoms with E-state index in [2.05, 4.69) is 59.4 Å². The molecule has 1 aromatic carbocycles. The largest absolute Gasteiger partial charge is 0.480 e. The van der Waals surface area contributed by atoms with E-state index in [9.17, 15) is 14.4 Å². The number of piperidine rings is 1. The number of likely N-dealkylation sites (tertiary alicyclic amines) is 1. The van der Waals surface area contributed by atoms with Crippen molar-refractivity contribution in [3.05, 3.63) is 47.1 Å². The Bertz CT molecular complexity index is 1240. The lowest BCUT2D eigenvalue weighted by Crippen LogP contribution is -2.44. The lowest BCUT2D eigenvalue weighted by molar-refractivity contribution is -0.144. The van der Waals surface area contributed by atoms with Crippen molar-refractivity contribution >= 4 is 45.0 Å². The number of fused-ring (bicyclic) bond motifs is 1. The number of ether oxygens (including phenoxy) is 1. The number of hydrogen-bond acceptors (Lipinski definition) is 8. The van der Waals surface area contributed by atoms with Crippen LogP contribution in [0.1, 0.15) is 48.0 Å². The minimum atomic E-state index is -0.763. The van der Waals surface area contributed by atoms with E-state index in [0.717, 1.165) is 24.9 Å². The van der Waals surface area contributed by atoms with Gasteiger partial charge >= 0.3 is 11.8 Å². The third-order valence-corrected chi connectivity index (χ3v) is 7.35. The number of benzene rings is 1. The number of thiazole rings is 1. The summed E-state index contributed by atoms with van der Waals surface area (Å²) < 4.78 is 6.21. The van der Waals surface area contributed by atoms with Crippen molar-refractivity contribution in [2.75, 3.05) is 46.2 Å². The molecule has 1 aliphatic heterocycles. The second kappa shape index (κ2) is 13.3. The molecule has 3 N–H and O–H groups in total. The SMILES string of the molecule is COc1ncc(NC(=O)C(=O)N2CCCC(C)C2)cc1C(N)=O.C[C@H](CN(C)C)c1nc2ccccc2s1. The highest BCUT2D eigenvalue weighted by atomic mass is 32.1. The smallest absolute Gasteiger partial charge is 0.313 e. The first kappa shape index (κ1) is 29.0. The first-order valence-electron chi connectivity index (χ1n) is 12.5. The van der Waals surface area contributed by atoms with E-state index in [4.69, 9.17) is 10.5 Å². The molecule has 1 aliphatic rings. The fourth-order valence-corrected chi connectivity index (χ4v) is 5.30. The van der Waals surface area contributed by atoms with Crippen LogP contribution in [0.5, 0.6) is 5.88 Å². The average Bonchev–Trinajstić information content (AvgIpc) is 3.33. The first-order valence-corrected chi connectivity index (χ1v) is 13.3. The highest BCUT2D eigenvalue weighted by molar-refractivity contribution is 7.18. The van der Waals surface area contributed by atoms with E-state index in [1.807, 2.05) is 24.3 Å². The Kier molecular flexibility index (Phi) is 10.1.